The number of hydrogen-bond donors (Lipinski definition) is 0. The molecule has 21 heavy (non-hydrogen) atoms. The maximum atomic E-state index is 12.7. The van der Waals surface area contributed by atoms with E-state index in [4.69, 9.17) is 0 Å². The third-order valence-electron chi connectivity index (χ3n) is 4.41. The molecule has 0 bridgehead atoms. The van der Waals surface area contributed by atoms with E-state index in [1.165, 1.54) is 5.56 Å². The van der Waals surface area contributed by atoms with E-state index in [1.807, 2.05) is 26.0 Å². The molecule has 0 aliphatic carbocycles. The Bertz CT molecular complexity index is 772. The fourth-order valence-corrected chi connectivity index (χ4v) is 3.25. The number of para-hydroxylation sites is 1. The molecule has 110 valence electrons. The summed E-state index contributed by atoms with van der Waals surface area (Å²) >= 11 is 0. The van der Waals surface area contributed by atoms with Gasteiger partial charge in [-0.05, 0) is 38.8 Å². The van der Waals surface area contributed by atoms with Gasteiger partial charge in [-0.2, -0.15) is 0 Å². The van der Waals surface area contributed by atoms with Gasteiger partial charge in [0.05, 0.1) is 5.52 Å². The van der Waals surface area contributed by atoms with Crippen LogP contribution in [0.2, 0.25) is 0 Å². The van der Waals surface area contributed by atoms with Crippen LogP contribution in [0, 0.1) is 0 Å². The summed E-state index contributed by atoms with van der Waals surface area (Å²) in [4.78, 5) is 27.0. The van der Waals surface area contributed by atoms with Crippen LogP contribution in [0.1, 0.15) is 42.7 Å². The zero-order valence-electron chi connectivity index (χ0n) is 12.7. The molecule has 4 heteroatoms. The average molecular weight is 284 g/mol. The third kappa shape index (κ3) is 1.97. The van der Waals surface area contributed by atoms with Crippen molar-refractivity contribution in [3.05, 3.63) is 45.7 Å². The molecule has 0 N–H and O–H groups in total. The van der Waals surface area contributed by atoms with E-state index < -0.39 is 0 Å². The molecule has 1 aliphatic rings. The first kappa shape index (κ1) is 13.9. The Balaban J connectivity index is 2.27. The second-order valence-electron chi connectivity index (χ2n) is 5.62. The van der Waals surface area contributed by atoms with E-state index in [0.29, 0.717) is 18.5 Å². The molecular formula is C17H20N2O2. The number of benzene rings is 1. The van der Waals surface area contributed by atoms with Crippen LogP contribution >= 0.6 is 0 Å². The van der Waals surface area contributed by atoms with Crippen LogP contribution in [0.15, 0.2) is 29.2 Å². The summed E-state index contributed by atoms with van der Waals surface area (Å²) in [5.74, 6) is -0.167. The molecule has 0 saturated heterocycles. The Hall–Kier alpha value is -2.10. The van der Waals surface area contributed by atoms with Crippen LogP contribution in [0.4, 0.5) is 0 Å². The number of amides is 1. The minimum absolute atomic E-state index is 0.144. The van der Waals surface area contributed by atoms with E-state index in [0.717, 1.165) is 11.9 Å². The Morgan fingerprint density at radius 2 is 2.05 bits per heavy atom. The van der Waals surface area contributed by atoms with Gasteiger partial charge in [0.25, 0.3) is 5.91 Å². The molecule has 4 nitrogen and oxygen atoms in total. The highest BCUT2D eigenvalue weighted by molar-refractivity contribution is 5.98. The van der Waals surface area contributed by atoms with Gasteiger partial charge in [-0.15, -0.1) is 0 Å². The van der Waals surface area contributed by atoms with Gasteiger partial charge in [-0.1, -0.05) is 12.1 Å². The highest BCUT2D eigenvalue weighted by Crippen LogP contribution is 2.30. The lowest BCUT2D eigenvalue weighted by Crippen LogP contribution is -2.34. The van der Waals surface area contributed by atoms with Gasteiger partial charge in [-0.3, -0.25) is 9.59 Å². The summed E-state index contributed by atoms with van der Waals surface area (Å²) < 4.78 is 2.09. The summed E-state index contributed by atoms with van der Waals surface area (Å²) in [5, 5.41) is 0.662. The fraction of sp³-hybridized carbons (Fsp3) is 0.412. The minimum atomic E-state index is -0.167. The molecule has 0 fully saturated rings. The van der Waals surface area contributed by atoms with Crippen molar-refractivity contribution in [3.8, 4) is 0 Å². The quantitative estimate of drug-likeness (QED) is 0.869. The molecule has 1 amide bonds. The number of aromatic nitrogens is 1. The first-order chi connectivity index (χ1) is 10.1. The van der Waals surface area contributed by atoms with Crippen LogP contribution in [0.5, 0.6) is 0 Å². The summed E-state index contributed by atoms with van der Waals surface area (Å²) in [7, 11) is 0. The van der Waals surface area contributed by atoms with Gasteiger partial charge >= 0.3 is 0 Å². The van der Waals surface area contributed by atoms with E-state index >= 15 is 0 Å². The molecule has 2 aromatic rings. The van der Waals surface area contributed by atoms with Crippen molar-refractivity contribution in [2.75, 3.05) is 13.1 Å². The minimum Gasteiger partial charge on any atom is -0.343 e. The van der Waals surface area contributed by atoms with Gasteiger partial charge in [-0.25, -0.2) is 0 Å². The lowest BCUT2D eigenvalue weighted by Gasteiger charge is -2.19. The summed E-state index contributed by atoms with van der Waals surface area (Å²) in [6.45, 7) is 7.21. The van der Waals surface area contributed by atoms with E-state index in [2.05, 4.69) is 17.6 Å². The predicted octanol–water partition coefficient (Wildman–Crippen LogP) is 2.60. The number of carbonyl (C=O) groups excluding carboxylic acids is 1. The Labute approximate surface area is 124 Å². The SMILES string of the molecule is CCN(CC)C(=O)c1cn2c3c(cccc3c1=O)CC2C. The summed E-state index contributed by atoms with van der Waals surface area (Å²) in [6, 6.07) is 6.09. The van der Waals surface area contributed by atoms with Gasteiger partial charge in [0.15, 0.2) is 0 Å². The molecule has 0 saturated carbocycles. The lowest BCUT2D eigenvalue weighted by atomic mass is 10.1. The Morgan fingerprint density at radius 1 is 1.33 bits per heavy atom. The molecule has 0 spiro atoms. The van der Waals surface area contributed by atoms with Gasteiger partial charge in [0.1, 0.15) is 5.56 Å². The van der Waals surface area contributed by atoms with Crippen molar-refractivity contribution in [2.24, 2.45) is 0 Å². The van der Waals surface area contributed by atoms with Crippen molar-refractivity contribution in [2.45, 2.75) is 33.2 Å². The normalized spacial score (nSPS) is 16.4. The predicted molar refractivity (Wildman–Crippen MR) is 83.9 cm³/mol. The van der Waals surface area contributed by atoms with Crippen LogP contribution in [0.25, 0.3) is 10.9 Å². The van der Waals surface area contributed by atoms with Gasteiger partial charge < -0.3 is 9.47 Å². The maximum absolute atomic E-state index is 12.7. The molecule has 1 aliphatic heterocycles. The second kappa shape index (κ2) is 5.02. The molecule has 1 aromatic carbocycles. The zero-order valence-corrected chi connectivity index (χ0v) is 12.7. The number of carbonyl (C=O) groups is 1. The Morgan fingerprint density at radius 3 is 2.71 bits per heavy atom. The van der Waals surface area contributed by atoms with Gasteiger partial charge in [0, 0.05) is 30.7 Å². The molecule has 3 rings (SSSR count). The highest BCUT2D eigenvalue weighted by atomic mass is 16.2. The van der Waals surface area contributed by atoms with Crippen LogP contribution in [0.3, 0.4) is 0 Å². The second-order valence-corrected chi connectivity index (χ2v) is 5.62. The van der Waals surface area contributed by atoms with Crippen LogP contribution in [-0.2, 0) is 6.42 Å². The molecule has 2 heterocycles. The summed E-state index contributed by atoms with van der Waals surface area (Å²) in [5.41, 5.74) is 2.33. The first-order valence-corrected chi connectivity index (χ1v) is 7.54. The molecule has 1 aromatic heterocycles. The smallest absolute Gasteiger partial charge is 0.259 e. The van der Waals surface area contributed by atoms with Crippen LogP contribution in [-0.4, -0.2) is 28.5 Å². The fourth-order valence-electron chi connectivity index (χ4n) is 3.25. The first-order valence-electron chi connectivity index (χ1n) is 7.54. The molecule has 1 unspecified atom stereocenters. The molecular weight excluding hydrogens is 264 g/mol. The van der Waals surface area contributed by atoms with Gasteiger partial charge in [0.2, 0.25) is 5.43 Å². The van der Waals surface area contributed by atoms with E-state index in [1.54, 1.807) is 11.1 Å². The van der Waals surface area contributed by atoms with Crippen molar-refractivity contribution in [3.63, 3.8) is 0 Å². The molecule has 0 radical (unpaired) electrons. The third-order valence-corrected chi connectivity index (χ3v) is 4.41. The van der Waals surface area contributed by atoms with Crippen LogP contribution < -0.4 is 5.43 Å². The number of hydrogen-bond acceptors (Lipinski definition) is 2. The lowest BCUT2D eigenvalue weighted by molar-refractivity contribution is 0.0771. The number of pyridine rings is 1. The highest BCUT2D eigenvalue weighted by Gasteiger charge is 2.25. The maximum Gasteiger partial charge on any atom is 0.259 e. The van der Waals surface area contributed by atoms with Crippen molar-refractivity contribution >= 4 is 16.8 Å². The number of nitrogens with zero attached hydrogens (tertiary/aromatic N) is 2. The van der Waals surface area contributed by atoms with Crippen molar-refractivity contribution in [1.29, 1.82) is 0 Å². The number of rotatable bonds is 3. The summed E-state index contributed by atoms with van der Waals surface area (Å²) in [6.07, 6.45) is 2.67. The van der Waals surface area contributed by atoms with E-state index in [-0.39, 0.29) is 22.9 Å². The van der Waals surface area contributed by atoms with Crippen molar-refractivity contribution in [1.82, 2.24) is 9.47 Å². The topological polar surface area (TPSA) is 42.3 Å². The average Bonchev–Trinajstić information content (AvgIpc) is 2.80. The van der Waals surface area contributed by atoms with E-state index in [9.17, 15) is 9.59 Å². The molecule has 1 atom stereocenters. The zero-order chi connectivity index (χ0) is 15.1. The standard InChI is InChI=1S/C17H20N2O2/c1-4-18(5-2)17(21)14-10-19-11(3)9-12-7-6-8-13(15(12)19)16(14)20/h6-8,10-11H,4-5,9H2,1-3H3. The monoisotopic (exact) mass is 284 g/mol. The Kier molecular flexibility index (Phi) is 3.32. The largest absolute Gasteiger partial charge is 0.343 e. The van der Waals surface area contributed by atoms with Crippen molar-refractivity contribution < 1.29 is 4.79 Å².